The summed E-state index contributed by atoms with van der Waals surface area (Å²) in [6.45, 7) is 1.65. The normalized spacial score (nSPS) is 20.2. The molecule has 0 aromatic carbocycles. The van der Waals surface area contributed by atoms with Crippen LogP contribution in [0.1, 0.15) is 10.8 Å². The number of carboxylic acid groups (broad SMARTS) is 1. The average Bonchev–Trinajstić information content (AvgIpc) is 3.42. The lowest BCUT2D eigenvalue weighted by Gasteiger charge is -2.49. The Hall–Kier alpha value is -2.42. The first kappa shape index (κ1) is 21.8. The summed E-state index contributed by atoms with van der Waals surface area (Å²) in [6.07, 6.45) is 0. The van der Waals surface area contributed by atoms with Gasteiger partial charge in [-0.15, -0.1) is 33.3 Å². The van der Waals surface area contributed by atoms with E-state index in [1.54, 1.807) is 24.4 Å². The highest BCUT2D eigenvalue weighted by atomic mass is 32.2. The van der Waals surface area contributed by atoms with Gasteiger partial charge in [0.1, 0.15) is 33.2 Å². The van der Waals surface area contributed by atoms with Gasteiger partial charge in [-0.2, -0.15) is 0 Å². The summed E-state index contributed by atoms with van der Waals surface area (Å²) in [6, 6.07) is 2.46. The van der Waals surface area contributed by atoms with Crippen molar-refractivity contribution in [1.29, 1.82) is 0 Å². The first-order valence-electron chi connectivity index (χ1n) is 8.75. The summed E-state index contributed by atoms with van der Waals surface area (Å²) < 4.78 is 16.7. The van der Waals surface area contributed by atoms with Crippen LogP contribution >= 0.6 is 34.9 Å². The molecule has 0 aliphatic carbocycles. The number of aryl methyl sites for hydroxylation is 1. The lowest BCUT2D eigenvalue weighted by atomic mass is 10.0. The molecule has 4 heterocycles. The van der Waals surface area contributed by atoms with Crippen molar-refractivity contribution in [3.8, 4) is 0 Å². The molecule has 0 spiro atoms. The Labute approximate surface area is 191 Å². The molecule has 162 valence electrons. The molecule has 1 saturated heterocycles. The highest BCUT2D eigenvalue weighted by Crippen LogP contribution is 2.41. The van der Waals surface area contributed by atoms with Crippen LogP contribution in [0.2, 0.25) is 0 Å². The molecule has 0 radical (unpaired) electrons. The number of thiophene rings is 1. The number of hydrogen-bond donors (Lipinski definition) is 2. The van der Waals surface area contributed by atoms with Gasteiger partial charge in [0.05, 0.1) is 4.88 Å². The van der Waals surface area contributed by atoms with E-state index >= 15 is 0 Å². The molecule has 2 N–H and O–H groups in total. The zero-order chi connectivity index (χ0) is 22.1. The van der Waals surface area contributed by atoms with Gasteiger partial charge in [-0.25, -0.2) is 9.00 Å². The highest BCUT2D eigenvalue weighted by Gasteiger charge is 2.54. The molecule has 4 rings (SSSR count). The molecule has 2 atom stereocenters. The first-order valence-corrected chi connectivity index (χ1v) is 12.4. The molecular formula is C17H14N4O6S4. The Morgan fingerprint density at radius 1 is 1.42 bits per heavy atom. The van der Waals surface area contributed by atoms with Crippen molar-refractivity contribution in [2.75, 3.05) is 11.5 Å². The number of carboxylic acids is 1. The molecule has 2 amide bonds. The SMILES string of the molecule is Cc1nnc(SCC2=C(C(=O)O)N3C(=O)C(NC(=O)C(=S=O)c4cccs4)[C@H]3SC2)o1. The quantitative estimate of drug-likeness (QED) is 0.242. The molecule has 10 nitrogen and oxygen atoms in total. The fourth-order valence-electron chi connectivity index (χ4n) is 3.09. The maximum atomic E-state index is 12.7. The lowest BCUT2D eigenvalue weighted by Crippen LogP contribution is -2.71. The van der Waals surface area contributed by atoms with Crippen molar-refractivity contribution in [2.24, 2.45) is 0 Å². The summed E-state index contributed by atoms with van der Waals surface area (Å²) >= 11 is 3.85. The van der Waals surface area contributed by atoms with E-state index in [-0.39, 0.29) is 27.6 Å². The van der Waals surface area contributed by atoms with Gasteiger partial charge in [0, 0.05) is 18.4 Å². The number of fused-ring (bicyclic) bond motifs is 1. The summed E-state index contributed by atoms with van der Waals surface area (Å²) in [5, 5.41) is 21.4. The van der Waals surface area contributed by atoms with Crippen molar-refractivity contribution >= 4 is 68.8 Å². The maximum Gasteiger partial charge on any atom is 0.352 e. The van der Waals surface area contributed by atoms with E-state index < -0.39 is 29.2 Å². The number of hydrogen-bond acceptors (Lipinski definition) is 10. The van der Waals surface area contributed by atoms with E-state index in [1.807, 2.05) is 0 Å². The van der Waals surface area contributed by atoms with Crippen molar-refractivity contribution in [2.45, 2.75) is 23.6 Å². The van der Waals surface area contributed by atoms with Gasteiger partial charge in [-0.1, -0.05) is 17.8 Å². The molecule has 0 bridgehead atoms. The Morgan fingerprint density at radius 3 is 2.84 bits per heavy atom. The van der Waals surface area contributed by atoms with Crippen LogP contribution in [0.5, 0.6) is 0 Å². The van der Waals surface area contributed by atoms with Crippen LogP contribution < -0.4 is 5.32 Å². The van der Waals surface area contributed by atoms with Gasteiger partial charge in [-0.3, -0.25) is 14.5 Å². The van der Waals surface area contributed by atoms with E-state index in [1.165, 1.54) is 39.8 Å². The molecule has 2 aromatic heterocycles. The second kappa shape index (κ2) is 8.98. The number of aromatic nitrogens is 2. The predicted molar refractivity (Wildman–Crippen MR) is 116 cm³/mol. The Morgan fingerprint density at radius 2 is 2.23 bits per heavy atom. The van der Waals surface area contributed by atoms with Crippen molar-refractivity contribution in [3.05, 3.63) is 39.6 Å². The largest absolute Gasteiger partial charge is 0.477 e. The maximum absolute atomic E-state index is 12.7. The molecule has 1 unspecified atom stereocenters. The van der Waals surface area contributed by atoms with Gasteiger partial charge >= 0.3 is 5.97 Å². The highest BCUT2D eigenvalue weighted by molar-refractivity contribution is 8.01. The number of thioether (sulfide) groups is 2. The van der Waals surface area contributed by atoms with E-state index in [4.69, 9.17) is 4.42 Å². The number of nitrogens with zero attached hydrogens (tertiary/aromatic N) is 3. The summed E-state index contributed by atoms with van der Waals surface area (Å²) in [7, 11) is 0. The summed E-state index contributed by atoms with van der Waals surface area (Å²) in [5.41, 5.74) is 0.456. The third-order valence-corrected chi connectivity index (χ3v) is 8.28. The second-order valence-electron chi connectivity index (χ2n) is 6.38. The number of amides is 2. The molecule has 2 aliphatic rings. The van der Waals surface area contributed by atoms with Crippen LogP contribution in [0.25, 0.3) is 0 Å². The average molecular weight is 499 g/mol. The smallest absolute Gasteiger partial charge is 0.352 e. The van der Waals surface area contributed by atoms with Crippen molar-refractivity contribution in [1.82, 2.24) is 20.4 Å². The van der Waals surface area contributed by atoms with E-state index in [2.05, 4.69) is 15.5 Å². The predicted octanol–water partition coefficient (Wildman–Crippen LogP) is 0.704. The number of aliphatic carboxylic acids is 1. The van der Waals surface area contributed by atoms with Crippen LogP contribution in [0, 0.1) is 6.92 Å². The molecular weight excluding hydrogens is 484 g/mol. The Balaban J connectivity index is 1.48. The van der Waals surface area contributed by atoms with Crippen LogP contribution in [-0.4, -0.2) is 70.0 Å². The third-order valence-electron chi connectivity index (χ3n) is 4.45. The Bertz CT molecular complexity index is 1140. The zero-order valence-corrected chi connectivity index (χ0v) is 19.0. The number of β-lactam (4-membered cyclic amide) rings is 1. The van der Waals surface area contributed by atoms with Crippen molar-refractivity contribution < 1.29 is 28.1 Å². The molecule has 14 heteroatoms. The number of carbonyl (C=O) groups excluding carboxylic acids is 2. The first-order chi connectivity index (χ1) is 14.9. The minimum absolute atomic E-state index is 0.0250. The van der Waals surface area contributed by atoms with Gasteiger partial charge in [-0.05, 0) is 17.0 Å². The molecule has 2 aromatic rings. The van der Waals surface area contributed by atoms with Gasteiger partial charge in [0.25, 0.3) is 17.0 Å². The third kappa shape index (κ3) is 4.20. The lowest BCUT2D eigenvalue weighted by molar-refractivity contribution is -0.150. The number of nitrogens with one attached hydrogen (secondary N) is 1. The van der Waals surface area contributed by atoms with Crippen LogP contribution in [0.15, 0.2) is 38.4 Å². The van der Waals surface area contributed by atoms with Gasteiger partial charge in [0.2, 0.25) is 5.89 Å². The monoisotopic (exact) mass is 498 g/mol. The molecule has 0 saturated carbocycles. The standard InChI is InChI=1S/C17H14N4O6S4/c1-7-19-20-17(27-7)30-6-8-5-29-15-10(14(23)21(15)11(8)16(24)25)18-13(22)12(31-26)9-3-2-4-28-9/h2-4,10,15H,5-6H2,1H3,(H,18,22)(H,24,25)/t10?,15-/m1/s1. The van der Waals surface area contributed by atoms with E-state index in [0.29, 0.717) is 27.3 Å². The molecule has 31 heavy (non-hydrogen) atoms. The van der Waals surface area contributed by atoms with Crippen LogP contribution in [0.4, 0.5) is 0 Å². The van der Waals surface area contributed by atoms with Crippen LogP contribution in [-0.2, 0) is 25.6 Å². The summed E-state index contributed by atoms with van der Waals surface area (Å²) in [5.74, 6) is -1.36. The fraction of sp³-hybridized carbons (Fsp3) is 0.294. The number of rotatable bonds is 7. The molecule has 2 aliphatic heterocycles. The topological polar surface area (TPSA) is 143 Å². The fourth-order valence-corrected chi connectivity index (χ4v) is 6.57. The number of carbonyl (C=O) groups is 3. The Kier molecular flexibility index (Phi) is 6.31. The minimum Gasteiger partial charge on any atom is -0.477 e. The zero-order valence-electron chi connectivity index (χ0n) is 15.8. The molecule has 1 fully saturated rings. The van der Waals surface area contributed by atoms with E-state index in [0.717, 1.165) is 0 Å². The summed E-state index contributed by atoms with van der Waals surface area (Å²) in [4.78, 5) is 38.8. The minimum atomic E-state index is -1.22. The second-order valence-corrected chi connectivity index (χ2v) is 9.94. The van der Waals surface area contributed by atoms with Crippen LogP contribution in [0.3, 0.4) is 0 Å². The van der Waals surface area contributed by atoms with E-state index in [9.17, 15) is 23.7 Å². The van der Waals surface area contributed by atoms with Gasteiger partial charge < -0.3 is 14.8 Å². The van der Waals surface area contributed by atoms with Crippen molar-refractivity contribution in [3.63, 3.8) is 0 Å². The van der Waals surface area contributed by atoms with Gasteiger partial charge in [0.15, 0.2) is 0 Å².